The van der Waals surface area contributed by atoms with Gasteiger partial charge in [0, 0.05) is 0 Å². The first-order valence-corrected chi connectivity index (χ1v) is 15.4. The van der Waals surface area contributed by atoms with Crippen LogP contribution in [-0.2, 0) is 14.3 Å². The number of unbranched alkanes of at least 4 members (excludes halogenated alkanes) is 13. The second-order valence-electron chi connectivity index (χ2n) is 11.7. The van der Waals surface area contributed by atoms with E-state index in [-0.39, 0.29) is 23.9 Å². The number of esters is 1. The van der Waals surface area contributed by atoms with Gasteiger partial charge in [0.05, 0.1) is 11.8 Å². The lowest BCUT2D eigenvalue weighted by Crippen LogP contribution is -2.29. The van der Waals surface area contributed by atoms with Crippen LogP contribution in [0.4, 0.5) is 0 Å². The van der Waals surface area contributed by atoms with Crippen molar-refractivity contribution < 1.29 is 19.4 Å². The van der Waals surface area contributed by atoms with E-state index in [1.54, 1.807) is 0 Å². The van der Waals surface area contributed by atoms with E-state index in [0.717, 1.165) is 31.6 Å². The molecule has 4 nitrogen and oxygen atoms in total. The topological polar surface area (TPSA) is 63.6 Å². The van der Waals surface area contributed by atoms with E-state index < -0.39 is 5.97 Å². The lowest BCUT2D eigenvalue weighted by atomic mass is 9.82. The standard InChI is InChI=1S/C31H58O4/c1-4-5-6-7-8-9-10-11-14-17-20-29(21-18-15-12-13-16-19-26(2)3)35-31(34)28-24-22-27(23-25-28)30(32)33/h26-29H,4-25H2,1-3H3,(H,32,33). The number of aliphatic carboxylic acids is 1. The molecular weight excluding hydrogens is 436 g/mol. The van der Waals surface area contributed by atoms with Crippen molar-refractivity contribution in [3.63, 3.8) is 0 Å². The highest BCUT2D eigenvalue weighted by molar-refractivity contribution is 5.74. The van der Waals surface area contributed by atoms with Crippen molar-refractivity contribution in [3.05, 3.63) is 0 Å². The van der Waals surface area contributed by atoms with Crippen LogP contribution in [0.5, 0.6) is 0 Å². The average molecular weight is 495 g/mol. The molecule has 1 rings (SSSR count). The van der Waals surface area contributed by atoms with Crippen molar-refractivity contribution in [3.8, 4) is 0 Å². The molecule has 1 fully saturated rings. The summed E-state index contributed by atoms with van der Waals surface area (Å²) in [6.07, 6.45) is 25.4. The molecule has 1 saturated carbocycles. The highest BCUT2D eigenvalue weighted by atomic mass is 16.5. The highest BCUT2D eigenvalue weighted by Gasteiger charge is 2.31. The predicted molar refractivity (Wildman–Crippen MR) is 147 cm³/mol. The lowest BCUT2D eigenvalue weighted by molar-refractivity contribution is -0.158. The number of carboxylic acid groups (broad SMARTS) is 1. The summed E-state index contributed by atoms with van der Waals surface area (Å²) in [6.45, 7) is 6.85. The van der Waals surface area contributed by atoms with Crippen LogP contribution in [0.25, 0.3) is 0 Å². The molecule has 1 atom stereocenters. The number of carbonyl (C=O) groups is 2. The van der Waals surface area contributed by atoms with Crippen molar-refractivity contribution in [2.75, 3.05) is 0 Å². The van der Waals surface area contributed by atoms with E-state index in [1.807, 2.05) is 0 Å². The molecule has 1 aliphatic carbocycles. The van der Waals surface area contributed by atoms with E-state index in [0.29, 0.717) is 25.7 Å². The smallest absolute Gasteiger partial charge is 0.309 e. The van der Waals surface area contributed by atoms with Crippen molar-refractivity contribution in [1.82, 2.24) is 0 Å². The lowest BCUT2D eigenvalue weighted by Gasteiger charge is -2.27. The van der Waals surface area contributed by atoms with Gasteiger partial charge in [0.2, 0.25) is 0 Å². The summed E-state index contributed by atoms with van der Waals surface area (Å²) in [5, 5.41) is 9.22. The third-order valence-electron chi connectivity index (χ3n) is 7.88. The molecule has 4 heteroatoms. The Morgan fingerprint density at radius 3 is 1.49 bits per heavy atom. The van der Waals surface area contributed by atoms with E-state index in [4.69, 9.17) is 4.74 Å². The highest BCUT2D eigenvalue weighted by Crippen LogP contribution is 2.30. The van der Waals surface area contributed by atoms with Crippen LogP contribution in [0.3, 0.4) is 0 Å². The summed E-state index contributed by atoms with van der Waals surface area (Å²) in [5.41, 5.74) is 0. The van der Waals surface area contributed by atoms with Crippen molar-refractivity contribution >= 4 is 11.9 Å². The van der Waals surface area contributed by atoms with Crippen molar-refractivity contribution in [2.45, 2.75) is 168 Å². The minimum absolute atomic E-state index is 0.0457. The first-order valence-electron chi connectivity index (χ1n) is 15.4. The summed E-state index contributed by atoms with van der Waals surface area (Å²) in [4.78, 5) is 24.0. The summed E-state index contributed by atoms with van der Waals surface area (Å²) in [7, 11) is 0. The Labute approximate surface area is 217 Å². The Hall–Kier alpha value is -1.06. The van der Waals surface area contributed by atoms with Crippen LogP contribution >= 0.6 is 0 Å². The fourth-order valence-electron chi connectivity index (χ4n) is 5.41. The number of carbonyl (C=O) groups excluding carboxylic acids is 1. The molecule has 0 amide bonds. The zero-order valence-corrected chi connectivity index (χ0v) is 23.5. The molecule has 35 heavy (non-hydrogen) atoms. The molecule has 0 aromatic carbocycles. The average Bonchev–Trinajstić information content (AvgIpc) is 2.84. The minimum Gasteiger partial charge on any atom is -0.481 e. The van der Waals surface area contributed by atoms with Gasteiger partial charge in [-0.3, -0.25) is 9.59 Å². The second kappa shape index (κ2) is 21.1. The molecule has 0 aromatic heterocycles. The molecule has 1 unspecified atom stereocenters. The number of hydrogen-bond donors (Lipinski definition) is 1. The van der Waals surface area contributed by atoms with E-state index in [9.17, 15) is 14.7 Å². The Morgan fingerprint density at radius 2 is 1.06 bits per heavy atom. The van der Waals surface area contributed by atoms with Gasteiger partial charge in [-0.15, -0.1) is 0 Å². The van der Waals surface area contributed by atoms with Gasteiger partial charge < -0.3 is 9.84 Å². The molecule has 0 saturated heterocycles. The van der Waals surface area contributed by atoms with Crippen LogP contribution in [-0.4, -0.2) is 23.1 Å². The van der Waals surface area contributed by atoms with E-state index >= 15 is 0 Å². The zero-order chi connectivity index (χ0) is 25.7. The largest absolute Gasteiger partial charge is 0.481 e. The third-order valence-corrected chi connectivity index (χ3v) is 7.88. The van der Waals surface area contributed by atoms with Gasteiger partial charge in [0.1, 0.15) is 6.10 Å². The number of ether oxygens (including phenoxy) is 1. The van der Waals surface area contributed by atoms with Crippen molar-refractivity contribution in [2.24, 2.45) is 17.8 Å². The van der Waals surface area contributed by atoms with Crippen LogP contribution < -0.4 is 0 Å². The molecule has 1 aliphatic rings. The number of hydrogen-bond acceptors (Lipinski definition) is 3. The summed E-state index contributed by atoms with van der Waals surface area (Å²) in [6, 6.07) is 0. The quantitative estimate of drug-likeness (QED) is 0.120. The maximum Gasteiger partial charge on any atom is 0.309 e. The molecule has 0 bridgehead atoms. The number of carboxylic acids is 1. The molecule has 206 valence electrons. The van der Waals surface area contributed by atoms with Crippen LogP contribution in [0.2, 0.25) is 0 Å². The van der Waals surface area contributed by atoms with Gasteiger partial charge in [-0.25, -0.2) is 0 Å². The molecule has 0 aliphatic heterocycles. The molecule has 0 spiro atoms. The van der Waals surface area contributed by atoms with Gasteiger partial charge in [0.25, 0.3) is 0 Å². The van der Waals surface area contributed by atoms with Gasteiger partial charge >= 0.3 is 11.9 Å². The van der Waals surface area contributed by atoms with Crippen LogP contribution in [0.15, 0.2) is 0 Å². The SMILES string of the molecule is CCCCCCCCCCCCC(CCCCCCCC(C)C)OC(=O)C1CCC(C(=O)O)CC1. The van der Waals surface area contributed by atoms with E-state index in [1.165, 1.54) is 89.9 Å². The van der Waals surface area contributed by atoms with Gasteiger partial charge in [-0.1, -0.05) is 111 Å². The van der Waals surface area contributed by atoms with Crippen LogP contribution in [0, 0.1) is 17.8 Å². The summed E-state index contributed by atoms with van der Waals surface area (Å²) >= 11 is 0. The Balaban J connectivity index is 2.30. The number of rotatable bonds is 22. The molecular formula is C31H58O4. The monoisotopic (exact) mass is 494 g/mol. The van der Waals surface area contributed by atoms with Crippen molar-refractivity contribution in [1.29, 1.82) is 0 Å². The maximum atomic E-state index is 12.8. The first-order chi connectivity index (χ1) is 16.9. The van der Waals surface area contributed by atoms with E-state index in [2.05, 4.69) is 20.8 Å². The minimum atomic E-state index is -0.718. The third kappa shape index (κ3) is 17.1. The maximum absolute atomic E-state index is 12.8. The van der Waals surface area contributed by atoms with Gasteiger partial charge in [0.15, 0.2) is 0 Å². The van der Waals surface area contributed by atoms with Crippen LogP contribution in [0.1, 0.15) is 162 Å². The Bertz CT molecular complexity index is 522. The second-order valence-corrected chi connectivity index (χ2v) is 11.7. The zero-order valence-electron chi connectivity index (χ0n) is 23.5. The van der Waals surface area contributed by atoms with Gasteiger partial charge in [-0.2, -0.15) is 0 Å². The normalized spacial score (nSPS) is 19.1. The predicted octanol–water partition coefficient (Wildman–Crippen LogP) is 9.49. The molecule has 0 heterocycles. The fraction of sp³-hybridized carbons (Fsp3) is 0.935. The molecule has 1 N–H and O–H groups in total. The van der Waals surface area contributed by atoms with Gasteiger partial charge in [-0.05, 0) is 57.3 Å². The fourth-order valence-corrected chi connectivity index (χ4v) is 5.41. The molecule has 0 radical (unpaired) electrons. The summed E-state index contributed by atoms with van der Waals surface area (Å²) < 4.78 is 6.04. The summed E-state index contributed by atoms with van der Waals surface area (Å²) in [5.74, 6) is -0.369. The molecule has 0 aromatic rings. The first kappa shape index (κ1) is 32.0. The Morgan fingerprint density at radius 1 is 0.657 bits per heavy atom. The Kier molecular flexibility index (Phi) is 19.2.